The number of anilines is 1. The molecule has 1 aliphatic rings. The molecule has 2 aromatic carbocycles. The number of nitrogens with zero attached hydrogens (tertiary/aromatic N) is 3. The minimum atomic E-state index is -3.87. The van der Waals surface area contributed by atoms with Gasteiger partial charge in [0.1, 0.15) is 10.8 Å². The Morgan fingerprint density at radius 2 is 1.94 bits per heavy atom. The Balaban J connectivity index is 1.44. The van der Waals surface area contributed by atoms with E-state index in [0.29, 0.717) is 23.6 Å². The topological polar surface area (TPSA) is 91.7 Å². The average Bonchev–Trinajstić information content (AvgIpc) is 3.17. The Kier molecular flexibility index (Phi) is 7.20. The van der Waals surface area contributed by atoms with Crippen molar-refractivity contribution in [3.63, 3.8) is 0 Å². The minimum Gasteiger partial charge on any atom is -0.362 e. The van der Waals surface area contributed by atoms with E-state index in [1.54, 1.807) is 12.1 Å². The number of rotatable bonds is 6. The van der Waals surface area contributed by atoms with Crippen LogP contribution >= 0.6 is 11.3 Å². The largest absolute Gasteiger partial charge is 0.362 e. The Hall–Kier alpha value is -3.04. The first-order valence-corrected chi connectivity index (χ1v) is 13.2. The van der Waals surface area contributed by atoms with Crippen molar-refractivity contribution in [3.8, 4) is 10.6 Å². The summed E-state index contributed by atoms with van der Waals surface area (Å²) in [7, 11) is -2.00. The molecule has 1 amide bonds. The molecule has 0 spiro atoms. The molecular weight excluding hydrogens is 456 g/mol. The van der Waals surface area contributed by atoms with E-state index >= 15 is 0 Å². The highest BCUT2D eigenvalue weighted by Gasteiger charge is 2.19. The number of sulfonamides is 1. The predicted octanol–water partition coefficient (Wildman–Crippen LogP) is 4.58. The second-order valence-corrected chi connectivity index (χ2v) is 10.4. The maximum absolute atomic E-state index is 12.9. The number of likely N-dealkylation sites (tertiary alicyclic amines) is 1. The predicted molar refractivity (Wildman–Crippen MR) is 132 cm³/mol. The van der Waals surface area contributed by atoms with Crippen LogP contribution in [-0.4, -0.2) is 43.6 Å². The average molecular weight is 483 g/mol. The van der Waals surface area contributed by atoms with Gasteiger partial charge in [-0.25, -0.2) is 4.98 Å². The van der Waals surface area contributed by atoms with Crippen molar-refractivity contribution in [1.82, 2.24) is 9.88 Å². The molecule has 4 rings (SSSR count). The van der Waals surface area contributed by atoms with Gasteiger partial charge in [0.25, 0.3) is 10.0 Å². The SMILES string of the molecule is CN1CCCCCC1=NS(=O)(=O)c1cccc(NC(=O)Cc2csc(-c3ccccc3)n2)c1. The fourth-order valence-corrected chi connectivity index (χ4v) is 5.61. The number of carbonyl (C=O) groups excluding carboxylic acids is 1. The second kappa shape index (κ2) is 10.3. The van der Waals surface area contributed by atoms with Gasteiger partial charge >= 0.3 is 0 Å². The first-order chi connectivity index (χ1) is 15.9. The number of amides is 1. The molecule has 1 fully saturated rings. The van der Waals surface area contributed by atoms with Gasteiger partial charge in [-0.3, -0.25) is 4.79 Å². The summed E-state index contributed by atoms with van der Waals surface area (Å²) in [6.07, 6.45) is 3.77. The van der Waals surface area contributed by atoms with Crippen LogP contribution in [0.5, 0.6) is 0 Å². The van der Waals surface area contributed by atoms with E-state index in [2.05, 4.69) is 14.7 Å². The number of hydrogen-bond acceptors (Lipinski definition) is 5. The molecular formula is C24H26N4O3S2. The zero-order valence-electron chi connectivity index (χ0n) is 18.4. The van der Waals surface area contributed by atoms with Gasteiger partial charge < -0.3 is 10.2 Å². The first-order valence-electron chi connectivity index (χ1n) is 10.9. The van der Waals surface area contributed by atoms with Crippen molar-refractivity contribution in [2.45, 2.75) is 37.0 Å². The molecule has 1 saturated heterocycles. The van der Waals surface area contributed by atoms with Crippen LogP contribution in [0.1, 0.15) is 31.4 Å². The highest BCUT2D eigenvalue weighted by Crippen LogP contribution is 2.24. The second-order valence-electron chi connectivity index (χ2n) is 7.98. The number of hydrogen-bond donors (Lipinski definition) is 1. The van der Waals surface area contributed by atoms with Crippen LogP contribution in [0.4, 0.5) is 5.69 Å². The molecule has 9 heteroatoms. The van der Waals surface area contributed by atoms with Crippen LogP contribution in [0.2, 0.25) is 0 Å². The third kappa shape index (κ3) is 6.06. The van der Waals surface area contributed by atoms with E-state index in [1.165, 1.54) is 23.5 Å². The van der Waals surface area contributed by atoms with Crippen LogP contribution in [-0.2, 0) is 21.2 Å². The van der Waals surface area contributed by atoms with Gasteiger partial charge in [0.15, 0.2) is 0 Å². The number of benzene rings is 2. The molecule has 0 radical (unpaired) electrons. The molecule has 172 valence electrons. The van der Waals surface area contributed by atoms with Gasteiger partial charge in [0.2, 0.25) is 5.91 Å². The van der Waals surface area contributed by atoms with Gasteiger partial charge in [0, 0.05) is 36.6 Å². The van der Waals surface area contributed by atoms with Crippen LogP contribution in [0.15, 0.2) is 69.3 Å². The van der Waals surface area contributed by atoms with Crippen LogP contribution in [0.3, 0.4) is 0 Å². The Morgan fingerprint density at radius 3 is 2.76 bits per heavy atom. The van der Waals surface area contributed by atoms with Crippen molar-refractivity contribution in [2.75, 3.05) is 18.9 Å². The van der Waals surface area contributed by atoms with Crippen molar-refractivity contribution in [3.05, 3.63) is 65.7 Å². The summed E-state index contributed by atoms with van der Waals surface area (Å²) < 4.78 is 29.9. The third-order valence-electron chi connectivity index (χ3n) is 5.39. The van der Waals surface area contributed by atoms with Crippen LogP contribution < -0.4 is 5.32 Å². The lowest BCUT2D eigenvalue weighted by Crippen LogP contribution is -2.26. The first kappa shape index (κ1) is 23.1. The molecule has 33 heavy (non-hydrogen) atoms. The molecule has 0 atom stereocenters. The highest BCUT2D eigenvalue weighted by molar-refractivity contribution is 7.90. The molecule has 0 bridgehead atoms. The Labute approximate surface area is 198 Å². The van der Waals surface area contributed by atoms with E-state index in [-0.39, 0.29) is 17.2 Å². The summed E-state index contributed by atoms with van der Waals surface area (Å²) in [5, 5.41) is 5.50. The molecule has 7 nitrogen and oxygen atoms in total. The molecule has 1 N–H and O–H groups in total. The maximum atomic E-state index is 12.9. The third-order valence-corrected chi connectivity index (χ3v) is 7.63. The zero-order valence-corrected chi connectivity index (χ0v) is 20.0. The lowest BCUT2D eigenvalue weighted by atomic mass is 10.2. The number of nitrogens with one attached hydrogen (secondary N) is 1. The fraction of sp³-hybridized carbons (Fsp3) is 0.292. The summed E-state index contributed by atoms with van der Waals surface area (Å²) in [6, 6.07) is 16.0. The number of amidine groups is 1. The number of carbonyl (C=O) groups is 1. The van der Waals surface area contributed by atoms with Crippen molar-refractivity contribution in [1.29, 1.82) is 0 Å². The van der Waals surface area contributed by atoms with Gasteiger partial charge in [0.05, 0.1) is 17.0 Å². The van der Waals surface area contributed by atoms with E-state index in [0.717, 1.165) is 36.4 Å². The van der Waals surface area contributed by atoms with Crippen molar-refractivity contribution >= 4 is 38.8 Å². The minimum absolute atomic E-state index is 0.0606. The highest BCUT2D eigenvalue weighted by atomic mass is 32.2. The van der Waals surface area contributed by atoms with Crippen LogP contribution in [0.25, 0.3) is 10.6 Å². The molecule has 1 aromatic heterocycles. The van der Waals surface area contributed by atoms with E-state index < -0.39 is 10.0 Å². The van der Waals surface area contributed by atoms with Crippen LogP contribution in [0, 0.1) is 0 Å². The fourth-order valence-electron chi connectivity index (χ4n) is 3.64. The lowest BCUT2D eigenvalue weighted by molar-refractivity contribution is -0.115. The molecule has 0 aliphatic carbocycles. The maximum Gasteiger partial charge on any atom is 0.284 e. The van der Waals surface area contributed by atoms with Gasteiger partial charge in [-0.15, -0.1) is 15.7 Å². The molecule has 2 heterocycles. The monoisotopic (exact) mass is 482 g/mol. The van der Waals surface area contributed by atoms with E-state index in [9.17, 15) is 13.2 Å². The van der Waals surface area contributed by atoms with E-state index in [4.69, 9.17) is 0 Å². The molecule has 1 aliphatic heterocycles. The summed E-state index contributed by atoms with van der Waals surface area (Å²) in [5.41, 5.74) is 2.09. The lowest BCUT2D eigenvalue weighted by Gasteiger charge is -2.17. The standard InChI is InChI=1S/C24H26N4O3S2/c1-28-14-7-3-6-13-22(28)27-33(30,31)21-12-8-11-19(15-21)25-23(29)16-20-17-32-24(26-20)18-9-4-2-5-10-18/h2,4-5,8-12,15,17H,3,6-7,13-14,16H2,1H3,(H,25,29). The summed E-state index contributed by atoms with van der Waals surface area (Å²) in [6.45, 7) is 0.799. The quantitative estimate of drug-likeness (QED) is 0.555. The van der Waals surface area contributed by atoms with Gasteiger partial charge in [-0.2, -0.15) is 8.42 Å². The smallest absolute Gasteiger partial charge is 0.284 e. The molecule has 0 unspecified atom stereocenters. The Morgan fingerprint density at radius 1 is 1.12 bits per heavy atom. The summed E-state index contributed by atoms with van der Waals surface area (Å²) in [4.78, 5) is 19.1. The number of thiazole rings is 1. The molecule has 3 aromatic rings. The Bertz CT molecular complexity index is 1250. The van der Waals surface area contributed by atoms with E-state index in [1.807, 2.05) is 47.7 Å². The van der Waals surface area contributed by atoms with Crippen molar-refractivity contribution in [2.24, 2.45) is 4.40 Å². The normalized spacial score (nSPS) is 15.9. The summed E-state index contributed by atoms with van der Waals surface area (Å²) >= 11 is 1.49. The van der Waals surface area contributed by atoms with Gasteiger partial charge in [-0.05, 0) is 31.0 Å². The number of aromatic nitrogens is 1. The van der Waals surface area contributed by atoms with Crippen molar-refractivity contribution < 1.29 is 13.2 Å². The zero-order chi connectivity index (χ0) is 23.3. The molecule has 0 saturated carbocycles. The van der Waals surface area contributed by atoms with Gasteiger partial charge in [-0.1, -0.05) is 42.8 Å². The summed E-state index contributed by atoms with van der Waals surface area (Å²) in [5.74, 6) is 0.323.